The molecule has 0 unspecified atom stereocenters. The van der Waals surface area contributed by atoms with Crippen LogP contribution in [0, 0.1) is 0 Å². The predicted molar refractivity (Wildman–Crippen MR) is 140 cm³/mol. The van der Waals surface area contributed by atoms with E-state index in [0.717, 1.165) is 19.3 Å². The normalized spacial score (nSPS) is 20.2. The number of nitrogens with zero attached hydrogens (tertiary/aromatic N) is 1. The van der Waals surface area contributed by atoms with Gasteiger partial charge in [0.15, 0.2) is 0 Å². The second-order valence-electron chi connectivity index (χ2n) is 9.43. The highest BCUT2D eigenvalue weighted by molar-refractivity contribution is 6.04. The number of hydrogen-bond acceptors (Lipinski definition) is 8. The molecule has 3 atom stereocenters. The van der Waals surface area contributed by atoms with Gasteiger partial charge in [-0.25, -0.2) is 9.59 Å². The monoisotopic (exact) mass is 537 g/mol. The third-order valence-electron chi connectivity index (χ3n) is 7.06. The fourth-order valence-corrected chi connectivity index (χ4v) is 5.25. The molecule has 0 radical (unpaired) electrons. The van der Waals surface area contributed by atoms with E-state index >= 15 is 0 Å². The molecule has 11 nitrogen and oxygen atoms in total. The lowest BCUT2D eigenvalue weighted by Gasteiger charge is -2.48. The fraction of sp³-hybridized carbons (Fsp3) is 0.393. The van der Waals surface area contributed by atoms with Crippen molar-refractivity contribution in [1.29, 1.82) is 0 Å². The minimum absolute atomic E-state index is 0.0316. The van der Waals surface area contributed by atoms with Crippen LogP contribution in [0.1, 0.15) is 63.2 Å². The number of rotatable bonds is 7. The minimum Gasteiger partial charge on any atom is -0.496 e. The molecule has 0 aromatic heterocycles. The number of nitrogens with one attached hydrogen (secondary N) is 2. The molecule has 206 valence electrons. The number of carbonyl (C=O) groups is 5. The van der Waals surface area contributed by atoms with Gasteiger partial charge in [0.1, 0.15) is 11.8 Å². The Bertz CT molecular complexity index is 1260. The molecule has 1 saturated carbocycles. The third kappa shape index (κ3) is 5.87. The van der Waals surface area contributed by atoms with Crippen LogP contribution >= 0.6 is 0 Å². The van der Waals surface area contributed by atoms with Crippen LogP contribution in [-0.2, 0) is 19.1 Å². The van der Waals surface area contributed by atoms with Gasteiger partial charge in [-0.3, -0.25) is 14.4 Å². The van der Waals surface area contributed by atoms with Crippen LogP contribution in [0.25, 0.3) is 0 Å². The Morgan fingerprint density at radius 2 is 1.59 bits per heavy atom. The lowest BCUT2D eigenvalue weighted by atomic mass is 9.84. The lowest BCUT2D eigenvalue weighted by molar-refractivity contribution is -0.135. The first kappa shape index (κ1) is 27.6. The van der Waals surface area contributed by atoms with Crippen LogP contribution in [0.2, 0.25) is 0 Å². The zero-order valence-electron chi connectivity index (χ0n) is 22.0. The molecule has 1 aliphatic carbocycles. The molecule has 2 aliphatic rings. The summed E-state index contributed by atoms with van der Waals surface area (Å²) >= 11 is 0. The number of hydrogen-bond donors (Lipinski definition) is 2. The van der Waals surface area contributed by atoms with E-state index in [1.807, 2.05) is 0 Å². The Labute approximate surface area is 225 Å². The van der Waals surface area contributed by atoms with Gasteiger partial charge >= 0.3 is 11.9 Å². The van der Waals surface area contributed by atoms with Crippen molar-refractivity contribution in [3.63, 3.8) is 0 Å². The Balaban J connectivity index is 1.63. The van der Waals surface area contributed by atoms with E-state index in [-0.39, 0.29) is 35.3 Å². The molecule has 0 spiro atoms. The summed E-state index contributed by atoms with van der Waals surface area (Å²) in [5.74, 6) is -2.44. The van der Waals surface area contributed by atoms with Crippen molar-refractivity contribution in [2.75, 3.05) is 26.6 Å². The number of ether oxygens (including phenoxy) is 3. The molecule has 1 aliphatic heterocycles. The van der Waals surface area contributed by atoms with Gasteiger partial charge in [-0.15, -0.1) is 0 Å². The van der Waals surface area contributed by atoms with Crippen molar-refractivity contribution in [1.82, 2.24) is 10.2 Å². The van der Waals surface area contributed by atoms with Crippen molar-refractivity contribution >= 4 is 35.3 Å². The van der Waals surface area contributed by atoms with E-state index in [9.17, 15) is 24.0 Å². The molecule has 11 heteroatoms. The number of fused-ring (bicyclic) bond motifs is 1. The summed E-state index contributed by atoms with van der Waals surface area (Å²) in [6.07, 6.45) is 2.91. The smallest absolute Gasteiger partial charge is 0.337 e. The Hall–Kier alpha value is -4.41. The molecular formula is C28H31N3O8. The largest absolute Gasteiger partial charge is 0.496 e. The van der Waals surface area contributed by atoms with Gasteiger partial charge in [0, 0.05) is 11.7 Å². The Morgan fingerprint density at radius 1 is 0.949 bits per heavy atom. The standard InChI is InChI=1S/C28H31N3O8/c1-37-23-11-7-4-8-19(23)26(34)31-21-10-6-5-9-20(21)30-25(33)22(31)15-24(32)29-18-13-16(27(35)38-2)12-17(14-18)28(36)39-3/h4,7-8,11-14,20-22H,5-6,9-10,15H2,1-3H3,(H,29,32)(H,30,33)/t20-,21+,22+/m0/s1. The molecule has 3 amide bonds. The number of amides is 3. The molecule has 0 bridgehead atoms. The van der Waals surface area contributed by atoms with Crippen LogP contribution in [-0.4, -0.2) is 74.0 Å². The van der Waals surface area contributed by atoms with Gasteiger partial charge in [0.2, 0.25) is 11.8 Å². The SMILES string of the molecule is COC(=O)c1cc(NC(=O)C[C@@H]2C(=O)N[C@H]3CCCC[C@H]3N2C(=O)c2ccccc2OC)cc(C(=O)OC)c1. The van der Waals surface area contributed by atoms with Crippen LogP contribution in [0.5, 0.6) is 5.75 Å². The molecule has 4 rings (SSSR count). The molecule has 2 N–H and O–H groups in total. The molecular weight excluding hydrogens is 506 g/mol. The molecule has 2 aromatic carbocycles. The summed E-state index contributed by atoms with van der Waals surface area (Å²) in [5.41, 5.74) is 0.504. The quantitative estimate of drug-likeness (QED) is 0.514. The summed E-state index contributed by atoms with van der Waals surface area (Å²) in [6.45, 7) is 0. The second-order valence-corrected chi connectivity index (χ2v) is 9.43. The second kappa shape index (κ2) is 12.0. The number of anilines is 1. The predicted octanol–water partition coefficient (Wildman–Crippen LogP) is 2.55. The topological polar surface area (TPSA) is 140 Å². The van der Waals surface area contributed by atoms with E-state index in [2.05, 4.69) is 10.6 Å². The average molecular weight is 538 g/mol. The number of para-hydroxylation sites is 1. The summed E-state index contributed by atoms with van der Waals surface area (Å²) in [4.78, 5) is 66.1. The van der Waals surface area contributed by atoms with Crippen LogP contribution in [0.4, 0.5) is 5.69 Å². The number of benzene rings is 2. The maximum Gasteiger partial charge on any atom is 0.337 e. The van der Waals surface area contributed by atoms with E-state index in [4.69, 9.17) is 14.2 Å². The number of esters is 2. The maximum atomic E-state index is 13.9. The summed E-state index contributed by atoms with van der Waals surface area (Å²) < 4.78 is 14.9. The van der Waals surface area contributed by atoms with Crippen LogP contribution < -0.4 is 15.4 Å². The van der Waals surface area contributed by atoms with Crippen molar-refractivity contribution in [3.8, 4) is 5.75 Å². The molecule has 39 heavy (non-hydrogen) atoms. The molecule has 1 saturated heterocycles. The number of piperazine rings is 1. The molecule has 2 fully saturated rings. The highest BCUT2D eigenvalue weighted by Gasteiger charge is 2.46. The Morgan fingerprint density at radius 3 is 2.23 bits per heavy atom. The zero-order valence-corrected chi connectivity index (χ0v) is 22.0. The first-order valence-corrected chi connectivity index (χ1v) is 12.6. The highest BCUT2D eigenvalue weighted by Crippen LogP contribution is 2.32. The number of methoxy groups -OCH3 is 3. The summed E-state index contributed by atoms with van der Waals surface area (Å²) in [7, 11) is 3.85. The average Bonchev–Trinajstić information content (AvgIpc) is 2.96. The highest BCUT2D eigenvalue weighted by atomic mass is 16.5. The zero-order chi connectivity index (χ0) is 28.1. The van der Waals surface area contributed by atoms with Crippen LogP contribution in [0.15, 0.2) is 42.5 Å². The van der Waals surface area contributed by atoms with Gasteiger partial charge in [-0.05, 0) is 43.2 Å². The molecule has 2 aromatic rings. The lowest BCUT2D eigenvalue weighted by Crippen LogP contribution is -2.68. The fourth-order valence-electron chi connectivity index (χ4n) is 5.25. The van der Waals surface area contributed by atoms with E-state index in [1.54, 1.807) is 24.3 Å². The summed E-state index contributed by atoms with van der Waals surface area (Å²) in [5, 5.41) is 5.64. The van der Waals surface area contributed by atoms with Gasteiger partial charge in [-0.2, -0.15) is 0 Å². The van der Waals surface area contributed by atoms with Gasteiger partial charge in [0.05, 0.1) is 50.5 Å². The van der Waals surface area contributed by atoms with E-state index in [1.165, 1.54) is 44.4 Å². The van der Waals surface area contributed by atoms with Gasteiger partial charge in [-0.1, -0.05) is 25.0 Å². The third-order valence-corrected chi connectivity index (χ3v) is 7.06. The van der Waals surface area contributed by atoms with E-state index < -0.39 is 35.7 Å². The van der Waals surface area contributed by atoms with Crippen molar-refractivity contribution in [2.24, 2.45) is 0 Å². The van der Waals surface area contributed by atoms with Crippen LogP contribution in [0.3, 0.4) is 0 Å². The van der Waals surface area contributed by atoms with Gasteiger partial charge < -0.3 is 29.7 Å². The van der Waals surface area contributed by atoms with Crippen molar-refractivity contribution in [2.45, 2.75) is 50.2 Å². The maximum absolute atomic E-state index is 13.9. The minimum atomic E-state index is -1.08. The van der Waals surface area contributed by atoms with E-state index in [0.29, 0.717) is 17.7 Å². The first-order valence-electron chi connectivity index (χ1n) is 12.6. The number of carbonyl (C=O) groups excluding carboxylic acids is 5. The van der Waals surface area contributed by atoms with Gasteiger partial charge in [0.25, 0.3) is 5.91 Å². The Kier molecular flexibility index (Phi) is 8.48. The van der Waals surface area contributed by atoms with Crippen molar-refractivity contribution in [3.05, 3.63) is 59.2 Å². The first-order chi connectivity index (χ1) is 18.8. The summed E-state index contributed by atoms with van der Waals surface area (Å²) in [6, 6.07) is 9.20. The molecule has 1 heterocycles. The van der Waals surface area contributed by atoms with Crippen molar-refractivity contribution < 1.29 is 38.2 Å².